The number of nitrogens with one attached hydrogen (secondary N) is 1. The molecule has 33 heavy (non-hydrogen) atoms. The first-order valence-electron chi connectivity index (χ1n) is 13.9. The van der Waals surface area contributed by atoms with Crippen LogP contribution in [0.4, 0.5) is 0 Å². The molecule has 1 saturated heterocycles. The summed E-state index contributed by atoms with van der Waals surface area (Å²) in [7, 11) is 2.15. The topological polar surface area (TPSA) is 53.4 Å². The summed E-state index contributed by atoms with van der Waals surface area (Å²) in [5.74, 6) is 5.12. The molecule has 1 unspecified atom stereocenters. The van der Waals surface area contributed by atoms with Crippen LogP contribution in [0.2, 0.25) is 0 Å². The van der Waals surface area contributed by atoms with E-state index in [0.29, 0.717) is 6.04 Å². The van der Waals surface area contributed by atoms with E-state index in [1.807, 2.05) is 0 Å². The number of carbonyl (C=O) groups excluding carboxylic acids is 1. The minimum Gasteiger partial charge on any atom is -0.336 e. The minimum atomic E-state index is 0.162. The Morgan fingerprint density at radius 3 is 2.52 bits per heavy atom. The molecule has 6 nitrogen and oxygen atoms in total. The van der Waals surface area contributed by atoms with Gasteiger partial charge in [-0.2, -0.15) is 5.10 Å². The molecule has 1 N–H and O–H groups in total. The van der Waals surface area contributed by atoms with Crippen LogP contribution >= 0.6 is 0 Å². The number of hydrogen-bond donors (Lipinski definition) is 1. The third kappa shape index (κ3) is 4.16. The fourth-order valence-corrected chi connectivity index (χ4v) is 8.37. The van der Waals surface area contributed by atoms with Crippen molar-refractivity contribution in [3.8, 4) is 0 Å². The lowest BCUT2D eigenvalue weighted by molar-refractivity contribution is -0.0364. The quantitative estimate of drug-likeness (QED) is 0.744. The molecule has 5 aliphatic carbocycles. The van der Waals surface area contributed by atoms with Crippen LogP contribution in [-0.2, 0) is 19.4 Å². The number of nitrogens with zero attached hydrogens (tertiary/aromatic N) is 4. The molecule has 5 fully saturated rings. The maximum absolute atomic E-state index is 13.6. The highest BCUT2D eigenvalue weighted by atomic mass is 16.2. The van der Waals surface area contributed by atoms with E-state index in [1.54, 1.807) is 0 Å². The van der Waals surface area contributed by atoms with Gasteiger partial charge >= 0.3 is 0 Å². The Bertz CT molecular complexity index is 850. The van der Waals surface area contributed by atoms with Crippen LogP contribution in [0.25, 0.3) is 0 Å². The Labute approximate surface area is 199 Å². The van der Waals surface area contributed by atoms with Gasteiger partial charge in [0.15, 0.2) is 5.69 Å². The maximum Gasteiger partial charge on any atom is 0.274 e. The van der Waals surface area contributed by atoms with Crippen molar-refractivity contribution >= 4 is 5.91 Å². The van der Waals surface area contributed by atoms with Crippen molar-refractivity contribution in [2.24, 2.45) is 29.6 Å². The van der Waals surface area contributed by atoms with Gasteiger partial charge in [0.1, 0.15) is 0 Å². The van der Waals surface area contributed by atoms with Gasteiger partial charge in [-0.15, -0.1) is 0 Å². The molecule has 1 atom stereocenters. The highest BCUT2D eigenvalue weighted by molar-refractivity contribution is 5.94. The second kappa shape index (κ2) is 8.99. The largest absolute Gasteiger partial charge is 0.336 e. The lowest BCUT2D eigenvalue weighted by Crippen LogP contribution is -2.50. The van der Waals surface area contributed by atoms with E-state index in [2.05, 4.69) is 33.8 Å². The van der Waals surface area contributed by atoms with Crippen LogP contribution in [0.3, 0.4) is 0 Å². The summed E-state index contributed by atoms with van der Waals surface area (Å²) >= 11 is 0. The Kier molecular flexibility index (Phi) is 6.02. The zero-order valence-electron chi connectivity index (χ0n) is 20.8. The van der Waals surface area contributed by atoms with Gasteiger partial charge in [0.25, 0.3) is 5.91 Å². The number of fused-ring (bicyclic) bond motifs is 1. The Morgan fingerprint density at radius 1 is 1.03 bits per heavy atom. The highest BCUT2D eigenvalue weighted by Crippen LogP contribution is 2.56. The third-order valence-electron chi connectivity index (χ3n) is 9.92. The van der Waals surface area contributed by atoms with Crippen molar-refractivity contribution in [1.29, 1.82) is 0 Å². The second-order valence-corrected chi connectivity index (χ2v) is 12.0. The average molecular weight is 454 g/mol. The zero-order chi connectivity index (χ0) is 22.5. The standard InChI is InChI=1S/C27H43N5O/c1-3-32-25-6-5-22(28-17-24-20-12-18-11-19(14-20)15-21(24)13-18)16-23(25)26(29-32)27(33)31-8-4-7-30(2)9-10-31/h18-22,24,28H,3-17H2,1-2H3. The van der Waals surface area contributed by atoms with E-state index >= 15 is 0 Å². The predicted molar refractivity (Wildman–Crippen MR) is 130 cm³/mol. The molecule has 1 amide bonds. The van der Waals surface area contributed by atoms with E-state index in [1.165, 1.54) is 56.3 Å². The van der Waals surface area contributed by atoms with Gasteiger partial charge in [-0.1, -0.05) is 0 Å². The van der Waals surface area contributed by atoms with E-state index in [-0.39, 0.29) is 5.91 Å². The van der Waals surface area contributed by atoms with Crippen LogP contribution in [0.5, 0.6) is 0 Å². The molecule has 2 heterocycles. The molecule has 0 spiro atoms. The van der Waals surface area contributed by atoms with Gasteiger partial charge < -0.3 is 15.1 Å². The fraction of sp³-hybridized carbons (Fsp3) is 0.852. The minimum absolute atomic E-state index is 0.162. The van der Waals surface area contributed by atoms with E-state index in [0.717, 1.165) is 87.3 Å². The van der Waals surface area contributed by atoms with E-state index < -0.39 is 0 Å². The van der Waals surface area contributed by atoms with Crippen molar-refractivity contribution in [3.63, 3.8) is 0 Å². The van der Waals surface area contributed by atoms with Gasteiger partial charge in [0.05, 0.1) is 0 Å². The molecule has 0 radical (unpaired) electrons. The summed E-state index contributed by atoms with van der Waals surface area (Å²) in [6.07, 6.45) is 11.8. The number of carbonyl (C=O) groups is 1. The number of aromatic nitrogens is 2. The average Bonchev–Trinajstić information content (AvgIpc) is 3.03. The van der Waals surface area contributed by atoms with Gasteiger partial charge in [-0.25, -0.2) is 0 Å². The molecular formula is C27H43N5O. The van der Waals surface area contributed by atoms with Crippen LogP contribution in [-0.4, -0.2) is 71.3 Å². The molecule has 4 saturated carbocycles. The number of amides is 1. The van der Waals surface area contributed by atoms with Crippen molar-refractivity contribution in [1.82, 2.24) is 24.9 Å². The lowest BCUT2D eigenvalue weighted by Gasteiger charge is -2.54. The van der Waals surface area contributed by atoms with Gasteiger partial charge in [-0.05, 0) is 114 Å². The number of rotatable bonds is 5. The van der Waals surface area contributed by atoms with Crippen molar-refractivity contribution in [2.75, 3.05) is 39.8 Å². The number of aryl methyl sites for hydroxylation is 1. The molecular weight excluding hydrogens is 410 g/mol. The summed E-state index contributed by atoms with van der Waals surface area (Å²) in [6, 6.07) is 0.492. The fourth-order valence-electron chi connectivity index (χ4n) is 8.37. The van der Waals surface area contributed by atoms with Crippen LogP contribution in [0.15, 0.2) is 0 Å². The van der Waals surface area contributed by atoms with Crippen LogP contribution in [0.1, 0.15) is 73.6 Å². The number of likely N-dealkylation sites (N-methyl/N-ethyl adjacent to an activating group) is 1. The summed E-state index contributed by atoms with van der Waals surface area (Å²) in [5, 5.41) is 8.87. The van der Waals surface area contributed by atoms with E-state index in [4.69, 9.17) is 5.10 Å². The molecule has 0 aromatic carbocycles. The van der Waals surface area contributed by atoms with Crippen molar-refractivity contribution in [2.45, 2.75) is 77.3 Å². The first-order chi connectivity index (χ1) is 16.1. The monoisotopic (exact) mass is 453 g/mol. The highest BCUT2D eigenvalue weighted by Gasteiger charge is 2.48. The van der Waals surface area contributed by atoms with Crippen LogP contribution in [0, 0.1) is 29.6 Å². The normalized spacial score (nSPS) is 36.1. The van der Waals surface area contributed by atoms with Crippen molar-refractivity contribution < 1.29 is 4.79 Å². The molecule has 182 valence electrons. The van der Waals surface area contributed by atoms with Gasteiger partial charge in [-0.3, -0.25) is 9.48 Å². The molecule has 4 bridgehead atoms. The molecule has 1 aromatic heterocycles. The SMILES string of the molecule is CCn1nc(C(=O)N2CCCN(C)CC2)c2c1CCC(NCC1C3CC4CC(C3)CC1C4)C2. The number of hydrogen-bond acceptors (Lipinski definition) is 4. The maximum atomic E-state index is 13.6. The van der Waals surface area contributed by atoms with E-state index in [9.17, 15) is 4.79 Å². The predicted octanol–water partition coefficient (Wildman–Crippen LogP) is 3.20. The van der Waals surface area contributed by atoms with Crippen molar-refractivity contribution in [3.05, 3.63) is 17.0 Å². The Morgan fingerprint density at radius 2 is 1.79 bits per heavy atom. The zero-order valence-corrected chi connectivity index (χ0v) is 20.8. The summed E-state index contributed by atoms with van der Waals surface area (Å²) < 4.78 is 2.11. The third-order valence-corrected chi connectivity index (χ3v) is 9.92. The first-order valence-corrected chi connectivity index (χ1v) is 13.9. The molecule has 7 rings (SSSR count). The Balaban J connectivity index is 1.14. The summed E-state index contributed by atoms with van der Waals surface area (Å²) in [5.41, 5.74) is 3.31. The van der Waals surface area contributed by atoms with Gasteiger partial charge in [0, 0.05) is 43.5 Å². The molecule has 1 aromatic rings. The Hall–Kier alpha value is -1.40. The summed E-state index contributed by atoms with van der Waals surface area (Å²) in [6.45, 7) is 7.89. The lowest BCUT2D eigenvalue weighted by atomic mass is 9.52. The summed E-state index contributed by atoms with van der Waals surface area (Å²) in [4.78, 5) is 17.9. The first kappa shape index (κ1) is 22.1. The smallest absolute Gasteiger partial charge is 0.274 e. The molecule has 6 aliphatic rings. The molecule has 1 aliphatic heterocycles. The van der Waals surface area contributed by atoms with Gasteiger partial charge in [0.2, 0.25) is 0 Å². The van der Waals surface area contributed by atoms with Crippen LogP contribution < -0.4 is 5.32 Å². The molecule has 6 heteroatoms. The second-order valence-electron chi connectivity index (χ2n) is 12.0.